The minimum Gasteiger partial charge on any atom is -0.478 e. The Hall–Kier alpha value is -1.46. The Morgan fingerprint density at radius 2 is 2.07 bits per heavy atom. The topological polar surface area (TPSA) is 94.8 Å². The van der Waals surface area contributed by atoms with Crippen LogP contribution in [0.1, 0.15) is 64.7 Å². The van der Waals surface area contributed by atoms with Gasteiger partial charge in [-0.2, -0.15) is 0 Å². The van der Waals surface area contributed by atoms with Gasteiger partial charge in [0.2, 0.25) is 0 Å². The average molecular weight is 379 g/mol. The van der Waals surface area contributed by atoms with Gasteiger partial charge in [-0.1, -0.05) is 44.4 Å². The van der Waals surface area contributed by atoms with Gasteiger partial charge in [-0.3, -0.25) is 4.79 Å². The molecule has 0 saturated heterocycles. The first-order valence-electron chi connectivity index (χ1n) is 10.4. The summed E-state index contributed by atoms with van der Waals surface area (Å²) in [4.78, 5) is 22.7. The molecule has 0 radical (unpaired) electrons. The smallest absolute Gasteiger partial charge is 0.327 e. The predicted octanol–water partition coefficient (Wildman–Crippen LogP) is 3.50. The Bertz CT molecular complexity index is 553. The van der Waals surface area contributed by atoms with Crippen molar-refractivity contribution in [2.24, 2.45) is 23.7 Å². The molecule has 3 N–H and O–H groups in total. The summed E-state index contributed by atoms with van der Waals surface area (Å²) in [7, 11) is 0. The van der Waals surface area contributed by atoms with Gasteiger partial charge in [0.05, 0.1) is 12.2 Å². The number of carboxylic acids is 1. The normalized spacial score (nSPS) is 32.7. The number of rotatable bonds is 10. The van der Waals surface area contributed by atoms with E-state index in [1.807, 2.05) is 6.08 Å². The molecule has 2 rings (SSSR count). The predicted molar refractivity (Wildman–Crippen MR) is 104 cm³/mol. The minimum absolute atomic E-state index is 0.0969. The van der Waals surface area contributed by atoms with Gasteiger partial charge < -0.3 is 15.3 Å². The first-order chi connectivity index (χ1) is 12.9. The largest absolute Gasteiger partial charge is 0.478 e. The zero-order chi connectivity index (χ0) is 19.8. The van der Waals surface area contributed by atoms with Crippen LogP contribution >= 0.6 is 0 Å². The van der Waals surface area contributed by atoms with Crippen LogP contribution in [0.2, 0.25) is 0 Å². The third-order valence-corrected chi connectivity index (χ3v) is 6.30. The fraction of sp³-hybridized carbons (Fsp3) is 0.727. The standard InChI is InChI=1S/C22H34O5/c1-2-15-9-10-16(13-15)19(23)12-11-18-17(20(24)14-21(18)25)7-5-3-4-6-8-22(26)27/h6,8,11-12,15-19,21,23,25H,2-5,7,9-10,13-14H2,1H3,(H,26,27)/b8-6+,12-11+/t15?,16?,17-,18-,19-,21-/m1/s1. The number of Topliss-reactive ketones (excluding diaryl/α,β-unsaturated/α-hetero) is 1. The highest BCUT2D eigenvalue weighted by Gasteiger charge is 2.39. The molecule has 2 unspecified atom stereocenters. The van der Waals surface area contributed by atoms with Gasteiger partial charge in [0.15, 0.2) is 0 Å². The fourth-order valence-electron chi connectivity index (χ4n) is 4.60. The third kappa shape index (κ3) is 6.58. The summed E-state index contributed by atoms with van der Waals surface area (Å²) in [6.07, 6.45) is 12.9. The maximum atomic E-state index is 12.2. The van der Waals surface area contributed by atoms with E-state index in [9.17, 15) is 19.8 Å². The summed E-state index contributed by atoms with van der Waals surface area (Å²) in [6.45, 7) is 2.19. The lowest BCUT2D eigenvalue weighted by Crippen LogP contribution is -2.21. The van der Waals surface area contributed by atoms with E-state index in [0.717, 1.165) is 38.2 Å². The van der Waals surface area contributed by atoms with Gasteiger partial charge in [-0.15, -0.1) is 0 Å². The number of carboxylic acid groups (broad SMARTS) is 1. The van der Waals surface area contributed by atoms with Crippen LogP contribution in [0.5, 0.6) is 0 Å². The maximum Gasteiger partial charge on any atom is 0.327 e. The highest BCUT2D eigenvalue weighted by molar-refractivity contribution is 5.84. The van der Waals surface area contributed by atoms with E-state index in [1.165, 1.54) is 6.42 Å². The van der Waals surface area contributed by atoms with Gasteiger partial charge in [-0.05, 0) is 43.9 Å². The summed E-state index contributed by atoms with van der Waals surface area (Å²) < 4.78 is 0. The van der Waals surface area contributed by atoms with Gasteiger partial charge in [0.25, 0.3) is 0 Å². The van der Waals surface area contributed by atoms with E-state index in [4.69, 9.17) is 5.11 Å². The fourth-order valence-corrected chi connectivity index (χ4v) is 4.60. The molecule has 0 aliphatic heterocycles. The average Bonchev–Trinajstić information content (AvgIpc) is 3.20. The van der Waals surface area contributed by atoms with Gasteiger partial charge >= 0.3 is 5.97 Å². The molecule has 152 valence electrons. The van der Waals surface area contributed by atoms with Crippen molar-refractivity contribution in [2.45, 2.75) is 76.9 Å². The van der Waals surface area contributed by atoms with E-state index >= 15 is 0 Å². The zero-order valence-corrected chi connectivity index (χ0v) is 16.3. The molecule has 6 atom stereocenters. The van der Waals surface area contributed by atoms with E-state index in [1.54, 1.807) is 12.2 Å². The molecule has 0 amide bonds. The third-order valence-electron chi connectivity index (χ3n) is 6.30. The molecular formula is C22H34O5. The number of aliphatic carboxylic acids is 1. The van der Waals surface area contributed by atoms with Crippen molar-refractivity contribution >= 4 is 11.8 Å². The van der Waals surface area contributed by atoms with Crippen molar-refractivity contribution in [3.8, 4) is 0 Å². The number of hydrogen-bond donors (Lipinski definition) is 3. The lowest BCUT2D eigenvalue weighted by Gasteiger charge is -2.19. The highest BCUT2D eigenvalue weighted by atomic mass is 16.4. The van der Waals surface area contributed by atoms with Gasteiger partial charge in [-0.25, -0.2) is 4.79 Å². The SMILES string of the molecule is CCC1CCC([C@H](O)/C=C/[C@H]2[C@H](O)CC(=O)[C@@H]2CCCC/C=C/C(=O)O)C1. The molecule has 0 spiro atoms. The molecule has 5 heteroatoms. The summed E-state index contributed by atoms with van der Waals surface area (Å²) in [5.74, 6) is -0.261. The molecule has 2 aliphatic carbocycles. The van der Waals surface area contributed by atoms with E-state index in [-0.39, 0.29) is 24.0 Å². The van der Waals surface area contributed by atoms with E-state index in [0.29, 0.717) is 24.7 Å². The van der Waals surface area contributed by atoms with Crippen molar-refractivity contribution in [3.63, 3.8) is 0 Å². The number of aliphatic hydroxyl groups excluding tert-OH is 2. The molecule has 0 aromatic carbocycles. The van der Waals surface area contributed by atoms with Crippen LogP contribution in [0.3, 0.4) is 0 Å². The lowest BCUT2D eigenvalue weighted by molar-refractivity contribution is -0.131. The van der Waals surface area contributed by atoms with Crippen LogP contribution in [0, 0.1) is 23.7 Å². The van der Waals surface area contributed by atoms with Crippen LogP contribution in [0.4, 0.5) is 0 Å². The van der Waals surface area contributed by atoms with Crippen molar-refractivity contribution in [1.29, 1.82) is 0 Å². The van der Waals surface area contributed by atoms with Crippen LogP contribution in [-0.4, -0.2) is 39.3 Å². The zero-order valence-electron chi connectivity index (χ0n) is 16.3. The number of carbonyl (C=O) groups excluding carboxylic acids is 1. The van der Waals surface area contributed by atoms with Crippen molar-refractivity contribution in [2.75, 3.05) is 0 Å². The number of ketones is 1. The number of carbonyl (C=O) groups is 2. The van der Waals surface area contributed by atoms with E-state index < -0.39 is 18.2 Å². The molecule has 0 aromatic rings. The van der Waals surface area contributed by atoms with Crippen LogP contribution in [0.25, 0.3) is 0 Å². The summed E-state index contributed by atoms with van der Waals surface area (Å²) in [5.41, 5.74) is 0. The molecule has 2 aliphatic rings. The second-order valence-electron chi connectivity index (χ2n) is 8.17. The Kier molecular flexibility index (Phi) is 8.71. The summed E-state index contributed by atoms with van der Waals surface area (Å²) in [6, 6.07) is 0. The van der Waals surface area contributed by atoms with Crippen molar-refractivity contribution < 1.29 is 24.9 Å². The lowest BCUT2D eigenvalue weighted by atomic mass is 9.88. The molecule has 0 bridgehead atoms. The van der Waals surface area contributed by atoms with Crippen molar-refractivity contribution in [3.05, 3.63) is 24.3 Å². The van der Waals surface area contributed by atoms with Crippen LogP contribution in [-0.2, 0) is 9.59 Å². The molecule has 0 aromatic heterocycles. The Labute approximate surface area is 162 Å². The van der Waals surface area contributed by atoms with Crippen LogP contribution in [0.15, 0.2) is 24.3 Å². The quantitative estimate of drug-likeness (QED) is 0.307. The van der Waals surface area contributed by atoms with Crippen molar-refractivity contribution in [1.82, 2.24) is 0 Å². The van der Waals surface area contributed by atoms with E-state index in [2.05, 4.69) is 6.92 Å². The Morgan fingerprint density at radius 3 is 2.74 bits per heavy atom. The first kappa shape index (κ1) is 21.8. The minimum atomic E-state index is -0.944. The van der Waals surface area contributed by atoms with Gasteiger partial charge in [0, 0.05) is 24.3 Å². The van der Waals surface area contributed by atoms with Crippen LogP contribution < -0.4 is 0 Å². The Morgan fingerprint density at radius 1 is 1.30 bits per heavy atom. The molecule has 2 saturated carbocycles. The summed E-state index contributed by atoms with van der Waals surface area (Å²) in [5, 5.41) is 29.3. The number of hydrogen-bond acceptors (Lipinski definition) is 4. The number of allylic oxidation sites excluding steroid dienone is 1. The van der Waals surface area contributed by atoms with Gasteiger partial charge in [0.1, 0.15) is 5.78 Å². The second kappa shape index (κ2) is 10.8. The highest BCUT2D eigenvalue weighted by Crippen LogP contribution is 2.37. The maximum absolute atomic E-state index is 12.2. The number of unbranched alkanes of at least 4 members (excludes halogenated alkanes) is 2. The monoisotopic (exact) mass is 378 g/mol. The molecular weight excluding hydrogens is 344 g/mol. The molecule has 27 heavy (non-hydrogen) atoms. The molecule has 5 nitrogen and oxygen atoms in total. The molecule has 2 fully saturated rings. The number of aliphatic hydroxyl groups is 2. The summed E-state index contributed by atoms with van der Waals surface area (Å²) >= 11 is 0. The molecule has 0 heterocycles. The Balaban J connectivity index is 1.83. The second-order valence-corrected chi connectivity index (χ2v) is 8.17. The first-order valence-corrected chi connectivity index (χ1v) is 10.4.